The molecule has 1 amide bonds. The van der Waals surface area contributed by atoms with Crippen LogP contribution >= 0.6 is 0 Å². The number of carbonyl (C=O) groups is 1. The molecule has 4 rings (SSSR count). The van der Waals surface area contributed by atoms with Gasteiger partial charge in [-0.15, -0.1) is 10.2 Å². The van der Waals surface area contributed by atoms with E-state index in [1.165, 1.54) is 0 Å². The van der Waals surface area contributed by atoms with E-state index >= 15 is 0 Å². The van der Waals surface area contributed by atoms with E-state index in [4.69, 9.17) is 9.68 Å². The molecule has 1 saturated carbocycles. The van der Waals surface area contributed by atoms with Gasteiger partial charge in [-0.05, 0) is 37.8 Å². The van der Waals surface area contributed by atoms with Gasteiger partial charge < -0.3 is 9.32 Å². The molecule has 1 aliphatic carbocycles. The highest BCUT2D eigenvalue weighted by Crippen LogP contribution is 2.50. The number of pyridine rings is 1. The summed E-state index contributed by atoms with van der Waals surface area (Å²) in [5, 5.41) is 17.5. The molecule has 2 fully saturated rings. The van der Waals surface area contributed by atoms with Crippen LogP contribution in [0, 0.1) is 24.2 Å². The first-order valence-electron chi connectivity index (χ1n) is 9.07. The van der Waals surface area contributed by atoms with Gasteiger partial charge in [0.05, 0.1) is 16.7 Å². The van der Waals surface area contributed by atoms with Gasteiger partial charge in [0.1, 0.15) is 11.8 Å². The molecule has 134 valence electrons. The van der Waals surface area contributed by atoms with Crippen molar-refractivity contribution < 1.29 is 9.21 Å². The number of fused-ring (bicyclic) bond motifs is 1. The van der Waals surface area contributed by atoms with Crippen LogP contribution in [0.1, 0.15) is 59.7 Å². The summed E-state index contributed by atoms with van der Waals surface area (Å²) in [6.07, 6.45) is 3.86. The van der Waals surface area contributed by atoms with E-state index in [1.54, 1.807) is 19.1 Å². The Balaban J connectivity index is 1.61. The van der Waals surface area contributed by atoms with E-state index < -0.39 is 0 Å². The van der Waals surface area contributed by atoms with E-state index in [2.05, 4.69) is 21.3 Å². The molecule has 7 heteroatoms. The average Bonchev–Trinajstić information content (AvgIpc) is 3.34. The van der Waals surface area contributed by atoms with Gasteiger partial charge in [-0.3, -0.25) is 4.79 Å². The molecule has 0 spiro atoms. The summed E-state index contributed by atoms with van der Waals surface area (Å²) in [5.41, 5.74) is 1.24. The van der Waals surface area contributed by atoms with Crippen LogP contribution in [-0.4, -0.2) is 39.1 Å². The molecule has 1 aliphatic heterocycles. The predicted molar refractivity (Wildman–Crippen MR) is 92.3 cm³/mol. The molecule has 0 N–H and O–H groups in total. The van der Waals surface area contributed by atoms with Crippen LogP contribution in [0.5, 0.6) is 0 Å². The zero-order valence-electron chi connectivity index (χ0n) is 15.0. The van der Waals surface area contributed by atoms with Gasteiger partial charge in [0, 0.05) is 19.5 Å². The Kier molecular flexibility index (Phi) is 3.98. The Morgan fingerprint density at radius 3 is 3.00 bits per heavy atom. The van der Waals surface area contributed by atoms with Crippen LogP contribution in [0.4, 0.5) is 0 Å². The van der Waals surface area contributed by atoms with Gasteiger partial charge in [0.2, 0.25) is 11.8 Å². The largest absolute Gasteiger partial charge is 0.425 e. The molecule has 1 saturated heterocycles. The number of aromatic nitrogens is 3. The highest BCUT2D eigenvalue weighted by molar-refractivity contribution is 5.92. The third-order valence-corrected chi connectivity index (χ3v) is 5.78. The predicted octanol–water partition coefficient (Wildman–Crippen LogP) is 2.40. The van der Waals surface area contributed by atoms with Crippen LogP contribution < -0.4 is 0 Å². The van der Waals surface area contributed by atoms with Gasteiger partial charge in [-0.25, -0.2) is 4.98 Å². The summed E-state index contributed by atoms with van der Waals surface area (Å²) >= 11 is 0. The van der Waals surface area contributed by atoms with E-state index in [9.17, 15) is 4.79 Å². The van der Waals surface area contributed by atoms with Crippen molar-refractivity contribution in [3.8, 4) is 6.07 Å². The number of aryl methyl sites for hydroxylation is 2. The van der Waals surface area contributed by atoms with Crippen molar-refractivity contribution in [2.24, 2.45) is 5.92 Å². The molecule has 2 aromatic heterocycles. The van der Waals surface area contributed by atoms with Crippen molar-refractivity contribution in [2.45, 2.75) is 44.9 Å². The quantitative estimate of drug-likeness (QED) is 0.842. The van der Waals surface area contributed by atoms with Crippen molar-refractivity contribution in [3.05, 3.63) is 40.9 Å². The van der Waals surface area contributed by atoms with Crippen molar-refractivity contribution in [1.29, 1.82) is 5.26 Å². The maximum atomic E-state index is 13.0. The Morgan fingerprint density at radius 2 is 2.31 bits per heavy atom. The third-order valence-electron chi connectivity index (χ3n) is 5.78. The lowest BCUT2D eigenvalue weighted by Crippen LogP contribution is -2.35. The van der Waals surface area contributed by atoms with E-state index in [0.717, 1.165) is 19.3 Å². The maximum Gasteiger partial charge on any atom is 0.272 e. The Hall–Kier alpha value is -2.75. The molecule has 0 radical (unpaired) electrons. The molecular weight excluding hydrogens is 330 g/mol. The smallest absolute Gasteiger partial charge is 0.272 e. The third kappa shape index (κ3) is 2.48. The minimum Gasteiger partial charge on any atom is -0.425 e. The van der Waals surface area contributed by atoms with Gasteiger partial charge in [-0.2, -0.15) is 5.26 Å². The summed E-state index contributed by atoms with van der Waals surface area (Å²) in [6.45, 7) is 5.01. The number of rotatable bonds is 3. The standard InChI is InChI=1S/C19H21N5O2/c1-3-16-22-23-18(26-16)19-8-4-5-14(19)10-24(11-19)17(25)15-7-6-13(9-20)12(2)21-15/h6-7,14H,3-5,8,10-11H2,1-2H3/t14-,19-/m0/s1. The van der Waals surface area contributed by atoms with Crippen LogP contribution in [-0.2, 0) is 11.8 Å². The molecule has 2 aromatic rings. The second-order valence-corrected chi connectivity index (χ2v) is 7.23. The molecule has 0 unspecified atom stereocenters. The zero-order chi connectivity index (χ0) is 18.3. The first-order valence-corrected chi connectivity index (χ1v) is 9.07. The fraction of sp³-hybridized carbons (Fsp3) is 0.526. The molecule has 7 nitrogen and oxygen atoms in total. The number of amides is 1. The molecule has 2 atom stereocenters. The van der Waals surface area contributed by atoms with Gasteiger partial charge in [0.25, 0.3) is 5.91 Å². The molecule has 0 aromatic carbocycles. The molecular formula is C19H21N5O2. The van der Waals surface area contributed by atoms with Crippen LogP contribution in [0.15, 0.2) is 16.5 Å². The SMILES string of the molecule is CCc1nnc([C@]23CCC[C@H]2CN(C(=O)c2ccc(C#N)c(C)n2)C3)o1. The second kappa shape index (κ2) is 6.20. The fourth-order valence-electron chi connectivity index (χ4n) is 4.35. The van der Waals surface area contributed by atoms with E-state index in [0.29, 0.717) is 54.2 Å². The van der Waals surface area contributed by atoms with Crippen molar-refractivity contribution in [3.63, 3.8) is 0 Å². The van der Waals surface area contributed by atoms with E-state index in [-0.39, 0.29) is 11.3 Å². The zero-order valence-corrected chi connectivity index (χ0v) is 15.0. The Labute approximate surface area is 152 Å². The summed E-state index contributed by atoms with van der Waals surface area (Å²) in [4.78, 5) is 19.2. The highest BCUT2D eigenvalue weighted by Gasteiger charge is 2.55. The maximum absolute atomic E-state index is 13.0. The number of nitriles is 1. The minimum atomic E-state index is -0.224. The lowest BCUT2D eigenvalue weighted by molar-refractivity contribution is 0.0769. The summed E-state index contributed by atoms with van der Waals surface area (Å²) in [6, 6.07) is 5.38. The summed E-state index contributed by atoms with van der Waals surface area (Å²) in [5.74, 6) is 1.57. The van der Waals surface area contributed by atoms with Crippen molar-refractivity contribution in [2.75, 3.05) is 13.1 Å². The van der Waals surface area contributed by atoms with Crippen molar-refractivity contribution >= 4 is 5.91 Å². The average molecular weight is 351 g/mol. The number of hydrogen-bond acceptors (Lipinski definition) is 6. The van der Waals surface area contributed by atoms with Gasteiger partial charge in [-0.1, -0.05) is 13.3 Å². The summed E-state index contributed by atoms with van der Waals surface area (Å²) in [7, 11) is 0. The molecule has 3 heterocycles. The first kappa shape index (κ1) is 16.7. The number of carbonyl (C=O) groups excluding carboxylic acids is 1. The topological polar surface area (TPSA) is 95.9 Å². The number of hydrogen-bond donors (Lipinski definition) is 0. The monoisotopic (exact) mass is 351 g/mol. The van der Waals surface area contributed by atoms with Gasteiger partial charge >= 0.3 is 0 Å². The lowest BCUT2D eigenvalue weighted by Gasteiger charge is -2.24. The molecule has 0 bridgehead atoms. The van der Waals surface area contributed by atoms with Crippen LogP contribution in [0.2, 0.25) is 0 Å². The first-order chi connectivity index (χ1) is 12.6. The second-order valence-electron chi connectivity index (χ2n) is 7.23. The van der Waals surface area contributed by atoms with E-state index in [1.807, 2.05) is 11.8 Å². The Morgan fingerprint density at radius 1 is 1.46 bits per heavy atom. The highest BCUT2D eigenvalue weighted by atomic mass is 16.4. The fourth-order valence-corrected chi connectivity index (χ4v) is 4.35. The Bertz CT molecular complexity index is 900. The normalized spacial score (nSPS) is 24.5. The van der Waals surface area contributed by atoms with Crippen LogP contribution in [0.25, 0.3) is 0 Å². The lowest BCUT2D eigenvalue weighted by atomic mass is 9.80. The van der Waals surface area contributed by atoms with Gasteiger partial charge in [0.15, 0.2) is 0 Å². The number of nitrogens with zero attached hydrogens (tertiary/aromatic N) is 5. The minimum absolute atomic E-state index is 0.0957. The molecule has 26 heavy (non-hydrogen) atoms. The summed E-state index contributed by atoms with van der Waals surface area (Å²) < 4.78 is 5.89. The number of likely N-dealkylation sites (tertiary alicyclic amines) is 1. The van der Waals surface area contributed by atoms with Crippen LogP contribution in [0.3, 0.4) is 0 Å². The molecule has 2 aliphatic rings. The van der Waals surface area contributed by atoms with Crippen molar-refractivity contribution in [1.82, 2.24) is 20.1 Å².